The van der Waals surface area contributed by atoms with Gasteiger partial charge < -0.3 is 19.2 Å². The molecule has 0 aliphatic carbocycles. The zero-order chi connectivity index (χ0) is 21.0. The number of halogens is 1. The van der Waals surface area contributed by atoms with E-state index in [1.54, 1.807) is 24.3 Å². The number of carbonyl (C=O) groups excluding carboxylic acids is 1. The number of hydrogen-bond acceptors (Lipinski definition) is 7. The van der Waals surface area contributed by atoms with Crippen LogP contribution in [0.3, 0.4) is 0 Å². The first kappa shape index (κ1) is 20.2. The van der Waals surface area contributed by atoms with Crippen molar-refractivity contribution in [3.8, 4) is 11.5 Å². The van der Waals surface area contributed by atoms with E-state index >= 15 is 0 Å². The fourth-order valence-electron chi connectivity index (χ4n) is 2.56. The molecule has 29 heavy (non-hydrogen) atoms. The standard InChI is InChI=1S/C19H16ClN3O6/c1-27-15-8-12(20)7-11(17(15)29-10-16(24)28-2)9-21-23-18(25)13-5-3-4-6-14(13)22-19(23)26/h3-9H,10H2,1-2H3,(H,22,26). The molecule has 2 aromatic carbocycles. The summed E-state index contributed by atoms with van der Waals surface area (Å²) in [5.74, 6) is -0.217. The number of H-pyrrole nitrogens is 1. The molecule has 0 amide bonds. The highest BCUT2D eigenvalue weighted by Crippen LogP contribution is 2.33. The van der Waals surface area contributed by atoms with Crippen molar-refractivity contribution in [3.05, 3.63) is 67.8 Å². The van der Waals surface area contributed by atoms with Gasteiger partial charge in [0.05, 0.1) is 31.3 Å². The molecule has 0 aliphatic rings. The van der Waals surface area contributed by atoms with Crippen molar-refractivity contribution in [2.24, 2.45) is 5.10 Å². The van der Waals surface area contributed by atoms with Gasteiger partial charge in [0.2, 0.25) is 0 Å². The second-order valence-electron chi connectivity index (χ2n) is 5.73. The fraction of sp³-hybridized carbons (Fsp3) is 0.158. The van der Waals surface area contributed by atoms with E-state index in [2.05, 4.69) is 14.8 Å². The molecule has 3 rings (SSSR count). The highest BCUT2D eigenvalue weighted by Gasteiger charge is 2.14. The molecule has 9 nitrogen and oxygen atoms in total. The van der Waals surface area contributed by atoms with Gasteiger partial charge in [0.1, 0.15) is 0 Å². The number of fused-ring (bicyclic) bond motifs is 1. The fourth-order valence-corrected chi connectivity index (χ4v) is 2.78. The maximum Gasteiger partial charge on any atom is 0.349 e. The minimum Gasteiger partial charge on any atom is -0.493 e. The zero-order valence-corrected chi connectivity index (χ0v) is 16.2. The van der Waals surface area contributed by atoms with E-state index in [0.29, 0.717) is 20.6 Å². The van der Waals surface area contributed by atoms with Crippen LogP contribution in [0.5, 0.6) is 11.5 Å². The van der Waals surface area contributed by atoms with Gasteiger partial charge in [0, 0.05) is 16.7 Å². The van der Waals surface area contributed by atoms with E-state index in [0.717, 1.165) is 0 Å². The van der Waals surface area contributed by atoms with E-state index in [1.807, 2.05) is 0 Å². The van der Waals surface area contributed by atoms with Crippen molar-refractivity contribution in [1.82, 2.24) is 9.66 Å². The molecular weight excluding hydrogens is 402 g/mol. The summed E-state index contributed by atoms with van der Waals surface area (Å²) < 4.78 is 15.9. The number of aromatic amines is 1. The largest absolute Gasteiger partial charge is 0.493 e. The highest BCUT2D eigenvalue weighted by atomic mass is 35.5. The third-order valence-corrected chi connectivity index (χ3v) is 4.14. The molecule has 0 bridgehead atoms. The number of nitrogens with zero attached hydrogens (tertiary/aromatic N) is 2. The van der Waals surface area contributed by atoms with Crippen molar-refractivity contribution in [3.63, 3.8) is 0 Å². The number of aromatic nitrogens is 2. The van der Waals surface area contributed by atoms with Crippen molar-refractivity contribution in [2.75, 3.05) is 20.8 Å². The Bertz CT molecular complexity index is 1210. The minimum absolute atomic E-state index is 0.149. The quantitative estimate of drug-likeness (QED) is 0.483. The first-order valence-corrected chi connectivity index (χ1v) is 8.68. The third kappa shape index (κ3) is 4.30. The molecule has 0 radical (unpaired) electrons. The number of benzene rings is 2. The van der Waals surface area contributed by atoms with Gasteiger partial charge in [0.25, 0.3) is 5.56 Å². The summed E-state index contributed by atoms with van der Waals surface area (Å²) in [5.41, 5.74) is -0.610. The van der Waals surface area contributed by atoms with Crippen molar-refractivity contribution < 1.29 is 19.0 Å². The van der Waals surface area contributed by atoms with Crippen LogP contribution < -0.4 is 20.7 Å². The molecule has 1 heterocycles. The van der Waals surface area contributed by atoms with Crippen molar-refractivity contribution in [2.45, 2.75) is 0 Å². The number of para-hydroxylation sites is 1. The number of hydrogen-bond donors (Lipinski definition) is 1. The van der Waals surface area contributed by atoms with Crippen LogP contribution in [0.1, 0.15) is 5.56 Å². The summed E-state index contributed by atoms with van der Waals surface area (Å²) in [4.78, 5) is 38.8. The summed E-state index contributed by atoms with van der Waals surface area (Å²) in [6.07, 6.45) is 1.21. The van der Waals surface area contributed by atoms with Gasteiger partial charge in [-0.2, -0.15) is 5.10 Å². The lowest BCUT2D eigenvalue weighted by molar-refractivity contribution is -0.142. The Morgan fingerprint density at radius 2 is 2.00 bits per heavy atom. The first-order chi connectivity index (χ1) is 13.9. The van der Waals surface area contributed by atoms with Gasteiger partial charge in [-0.25, -0.2) is 9.59 Å². The number of esters is 1. The monoisotopic (exact) mass is 417 g/mol. The highest BCUT2D eigenvalue weighted by molar-refractivity contribution is 6.31. The Labute approximate surface area is 169 Å². The Balaban J connectivity index is 2.08. The van der Waals surface area contributed by atoms with E-state index in [9.17, 15) is 14.4 Å². The molecule has 3 aromatic rings. The predicted octanol–water partition coefficient (Wildman–Crippen LogP) is 1.79. The number of carbonyl (C=O) groups is 1. The molecule has 0 spiro atoms. The topological polar surface area (TPSA) is 112 Å². The molecule has 0 atom stereocenters. The van der Waals surface area contributed by atoms with Gasteiger partial charge in [-0.15, -0.1) is 4.68 Å². The first-order valence-electron chi connectivity index (χ1n) is 8.30. The minimum atomic E-state index is -0.712. The molecule has 0 saturated carbocycles. The molecule has 10 heteroatoms. The number of ether oxygens (including phenoxy) is 3. The normalized spacial score (nSPS) is 11.0. The maximum atomic E-state index is 12.6. The molecule has 0 saturated heterocycles. The Kier molecular flexibility index (Phi) is 5.99. The van der Waals surface area contributed by atoms with E-state index in [4.69, 9.17) is 21.1 Å². The molecule has 0 unspecified atom stereocenters. The van der Waals surface area contributed by atoms with Crippen molar-refractivity contribution >= 4 is 34.7 Å². The SMILES string of the molecule is COC(=O)COc1c(C=Nn2c(=O)[nH]c3ccccc3c2=O)cc(Cl)cc1OC. The maximum absolute atomic E-state index is 12.6. The molecule has 150 valence electrons. The average Bonchev–Trinajstić information content (AvgIpc) is 2.72. The van der Waals surface area contributed by atoms with Gasteiger partial charge >= 0.3 is 11.7 Å². The van der Waals surface area contributed by atoms with Crippen LogP contribution in [-0.4, -0.2) is 42.7 Å². The molecule has 1 aromatic heterocycles. The summed E-state index contributed by atoms with van der Waals surface area (Å²) in [5, 5.41) is 4.58. The zero-order valence-electron chi connectivity index (χ0n) is 15.5. The van der Waals surface area contributed by atoms with Crippen LogP contribution in [0.25, 0.3) is 10.9 Å². The molecule has 1 N–H and O–H groups in total. The predicted molar refractivity (Wildman–Crippen MR) is 107 cm³/mol. The van der Waals surface area contributed by atoms with E-state index in [-0.39, 0.29) is 23.7 Å². The summed E-state index contributed by atoms with van der Waals surface area (Å²) in [6.45, 7) is -0.383. The third-order valence-electron chi connectivity index (χ3n) is 3.93. The van der Waals surface area contributed by atoms with Crippen LogP contribution in [-0.2, 0) is 9.53 Å². The lowest BCUT2D eigenvalue weighted by Gasteiger charge is -2.13. The van der Waals surface area contributed by atoms with Gasteiger partial charge in [0.15, 0.2) is 18.1 Å². The number of methoxy groups -OCH3 is 2. The average molecular weight is 418 g/mol. The summed E-state index contributed by atoms with van der Waals surface area (Å²) >= 11 is 6.09. The summed E-state index contributed by atoms with van der Waals surface area (Å²) in [7, 11) is 2.63. The van der Waals surface area contributed by atoms with Crippen LogP contribution in [0.4, 0.5) is 0 Å². The molecule has 0 fully saturated rings. The van der Waals surface area contributed by atoms with Crippen LogP contribution in [0.15, 0.2) is 51.1 Å². The van der Waals surface area contributed by atoms with E-state index < -0.39 is 17.2 Å². The lowest BCUT2D eigenvalue weighted by atomic mass is 10.2. The van der Waals surface area contributed by atoms with E-state index in [1.165, 1.54) is 32.6 Å². The van der Waals surface area contributed by atoms with Crippen LogP contribution in [0, 0.1) is 0 Å². The van der Waals surface area contributed by atoms with Crippen LogP contribution >= 0.6 is 11.6 Å². The lowest BCUT2D eigenvalue weighted by Crippen LogP contribution is -2.32. The number of rotatable bonds is 6. The van der Waals surface area contributed by atoms with Gasteiger partial charge in [-0.1, -0.05) is 23.7 Å². The van der Waals surface area contributed by atoms with Crippen molar-refractivity contribution in [1.29, 1.82) is 0 Å². The smallest absolute Gasteiger partial charge is 0.349 e. The number of nitrogens with one attached hydrogen (secondary N) is 1. The molecule has 0 aliphatic heterocycles. The Hall–Kier alpha value is -3.59. The second kappa shape index (κ2) is 8.61. The molecular formula is C19H16ClN3O6. The summed E-state index contributed by atoms with van der Waals surface area (Å²) in [6, 6.07) is 9.55. The van der Waals surface area contributed by atoms with Gasteiger partial charge in [-0.3, -0.25) is 4.79 Å². The Morgan fingerprint density at radius 1 is 1.24 bits per heavy atom. The van der Waals surface area contributed by atoms with Gasteiger partial charge in [-0.05, 0) is 18.2 Å². The van der Waals surface area contributed by atoms with Crippen LogP contribution in [0.2, 0.25) is 5.02 Å². The Morgan fingerprint density at radius 3 is 2.72 bits per heavy atom. The second-order valence-corrected chi connectivity index (χ2v) is 6.16.